The highest BCUT2D eigenvalue weighted by atomic mass is 35.5. The average molecular weight is 424 g/mol. The summed E-state index contributed by atoms with van der Waals surface area (Å²) in [5.41, 5.74) is 7.28. The van der Waals surface area contributed by atoms with E-state index in [4.69, 9.17) is 5.73 Å². The van der Waals surface area contributed by atoms with Crippen LogP contribution < -0.4 is 11.1 Å². The van der Waals surface area contributed by atoms with Crippen molar-refractivity contribution in [2.45, 2.75) is 45.7 Å². The van der Waals surface area contributed by atoms with E-state index in [2.05, 4.69) is 39.3 Å². The number of nitrogens with zero attached hydrogens (tertiary/aromatic N) is 3. The first kappa shape index (κ1) is 23.6. The minimum absolute atomic E-state index is 0. The van der Waals surface area contributed by atoms with E-state index in [1.807, 2.05) is 0 Å². The molecule has 3 heterocycles. The minimum atomic E-state index is 0. The molecule has 0 aliphatic carbocycles. The lowest BCUT2D eigenvalue weighted by Gasteiger charge is -2.42. The molecule has 2 aliphatic heterocycles. The van der Waals surface area contributed by atoms with Gasteiger partial charge in [0.15, 0.2) is 5.13 Å². The Morgan fingerprint density at radius 3 is 2.65 bits per heavy atom. The number of thiazole rings is 1. The van der Waals surface area contributed by atoms with E-state index in [1.54, 1.807) is 0 Å². The summed E-state index contributed by atoms with van der Waals surface area (Å²) < 4.78 is 0. The van der Waals surface area contributed by atoms with Gasteiger partial charge >= 0.3 is 0 Å². The monoisotopic (exact) mass is 423 g/mol. The third-order valence-electron chi connectivity index (χ3n) is 5.14. The Bertz CT molecular complexity index is 577. The fourth-order valence-electron chi connectivity index (χ4n) is 3.59. The van der Waals surface area contributed by atoms with Crippen molar-refractivity contribution < 1.29 is 4.79 Å². The molecule has 150 valence electrons. The maximum Gasteiger partial charge on any atom is 0.240 e. The summed E-state index contributed by atoms with van der Waals surface area (Å²) in [6.45, 7) is 9.72. The number of carbonyl (C=O) groups is 1. The zero-order chi connectivity index (χ0) is 17.2. The third kappa shape index (κ3) is 6.32. The van der Waals surface area contributed by atoms with E-state index in [-0.39, 0.29) is 42.2 Å². The minimum Gasteiger partial charge on any atom is -0.327 e. The van der Waals surface area contributed by atoms with Crippen LogP contribution in [0.25, 0.3) is 0 Å². The summed E-state index contributed by atoms with van der Waals surface area (Å²) >= 11 is 1.52. The summed E-state index contributed by atoms with van der Waals surface area (Å²) in [5.74, 6) is 0.0170. The molecule has 2 aliphatic rings. The van der Waals surface area contributed by atoms with Crippen LogP contribution in [-0.4, -0.2) is 59.5 Å². The van der Waals surface area contributed by atoms with Crippen LogP contribution in [0.5, 0.6) is 0 Å². The maximum atomic E-state index is 12.3. The number of nitrogens with one attached hydrogen (secondary N) is 1. The summed E-state index contributed by atoms with van der Waals surface area (Å²) in [4.78, 5) is 21.5. The van der Waals surface area contributed by atoms with E-state index >= 15 is 0 Å². The molecular formula is C17H31Cl2N5OS. The predicted octanol–water partition coefficient (Wildman–Crippen LogP) is 2.58. The second-order valence-corrected chi connectivity index (χ2v) is 8.63. The molecule has 1 atom stereocenters. The molecule has 1 amide bonds. The zero-order valence-electron chi connectivity index (χ0n) is 15.6. The lowest BCUT2D eigenvalue weighted by molar-refractivity contribution is -0.118. The third-order valence-corrected chi connectivity index (χ3v) is 5.95. The molecule has 0 spiro atoms. The lowest BCUT2D eigenvalue weighted by atomic mass is 9.80. The fourth-order valence-corrected chi connectivity index (χ4v) is 4.31. The van der Waals surface area contributed by atoms with Gasteiger partial charge in [-0.2, -0.15) is 0 Å². The van der Waals surface area contributed by atoms with Crippen LogP contribution in [0.4, 0.5) is 5.13 Å². The van der Waals surface area contributed by atoms with E-state index < -0.39 is 0 Å². The van der Waals surface area contributed by atoms with Crippen LogP contribution in [0.1, 0.15) is 38.8 Å². The molecule has 1 unspecified atom stereocenters. The van der Waals surface area contributed by atoms with Gasteiger partial charge in [-0.1, -0.05) is 13.8 Å². The van der Waals surface area contributed by atoms with Crippen molar-refractivity contribution in [3.63, 3.8) is 0 Å². The molecule has 2 saturated heterocycles. The van der Waals surface area contributed by atoms with Gasteiger partial charge in [0.25, 0.3) is 0 Å². The summed E-state index contributed by atoms with van der Waals surface area (Å²) in [7, 11) is 0. The van der Waals surface area contributed by atoms with Gasteiger partial charge in [0.2, 0.25) is 5.91 Å². The van der Waals surface area contributed by atoms with Gasteiger partial charge in [-0.05, 0) is 37.8 Å². The van der Waals surface area contributed by atoms with Crippen LogP contribution in [0.15, 0.2) is 5.38 Å². The second kappa shape index (κ2) is 10.2. The van der Waals surface area contributed by atoms with Crippen molar-refractivity contribution in [2.75, 3.05) is 38.0 Å². The molecular weight excluding hydrogens is 393 g/mol. The number of anilines is 1. The highest BCUT2D eigenvalue weighted by Gasteiger charge is 2.33. The smallest absolute Gasteiger partial charge is 0.240 e. The van der Waals surface area contributed by atoms with E-state index in [0.717, 1.165) is 44.8 Å². The van der Waals surface area contributed by atoms with Gasteiger partial charge in [-0.15, -0.1) is 36.2 Å². The number of hydrogen-bond donors (Lipinski definition) is 2. The van der Waals surface area contributed by atoms with Crippen LogP contribution in [0.3, 0.4) is 0 Å². The van der Waals surface area contributed by atoms with Gasteiger partial charge in [0, 0.05) is 31.1 Å². The fraction of sp³-hybridized carbons (Fsp3) is 0.765. The highest BCUT2D eigenvalue weighted by Crippen LogP contribution is 2.27. The second-order valence-electron chi connectivity index (χ2n) is 7.77. The number of rotatable bonds is 5. The van der Waals surface area contributed by atoms with Crippen molar-refractivity contribution in [1.29, 1.82) is 0 Å². The van der Waals surface area contributed by atoms with Crippen molar-refractivity contribution in [3.05, 3.63) is 11.1 Å². The number of nitrogens with two attached hydrogens (primary N) is 1. The van der Waals surface area contributed by atoms with Crippen LogP contribution in [0.2, 0.25) is 0 Å². The van der Waals surface area contributed by atoms with Gasteiger partial charge in [-0.25, -0.2) is 4.98 Å². The molecule has 0 aromatic carbocycles. The SMILES string of the molecule is CC1(C)CN(CC(=O)Nc2nc(CN3CCCC3)cs2)CCC1N.Cl.Cl. The van der Waals surface area contributed by atoms with Gasteiger partial charge in [0.1, 0.15) is 0 Å². The number of likely N-dealkylation sites (tertiary alicyclic amines) is 2. The Hall–Kier alpha value is -0.440. The number of piperidine rings is 1. The topological polar surface area (TPSA) is 74.5 Å². The molecule has 26 heavy (non-hydrogen) atoms. The van der Waals surface area contributed by atoms with Gasteiger partial charge in [-0.3, -0.25) is 14.6 Å². The van der Waals surface area contributed by atoms with Crippen molar-refractivity contribution in [1.82, 2.24) is 14.8 Å². The van der Waals surface area contributed by atoms with E-state index in [9.17, 15) is 4.79 Å². The molecule has 1 aromatic rings. The molecule has 1 aromatic heterocycles. The first-order valence-electron chi connectivity index (χ1n) is 8.87. The molecule has 2 fully saturated rings. The maximum absolute atomic E-state index is 12.3. The van der Waals surface area contributed by atoms with Gasteiger partial charge < -0.3 is 11.1 Å². The Morgan fingerprint density at radius 2 is 2.00 bits per heavy atom. The van der Waals surface area contributed by atoms with Crippen LogP contribution in [-0.2, 0) is 11.3 Å². The van der Waals surface area contributed by atoms with Crippen molar-refractivity contribution >= 4 is 47.2 Å². The van der Waals surface area contributed by atoms with Crippen molar-refractivity contribution in [2.24, 2.45) is 11.1 Å². The molecule has 0 saturated carbocycles. The predicted molar refractivity (Wildman–Crippen MR) is 113 cm³/mol. The Morgan fingerprint density at radius 1 is 1.31 bits per heavy atom. The largest absolute Gasteiger partial charge is 0.327 e. The Kier molecular flexibility index (Phi) is 9.26. The number of aromatic nitrogens is 1. The van der Waals surface area contributed by atoms with Crippen LogP contribution >= 0.6 is 36.2 Å². The number of carbonyl (C=O) groups excluding carboxylic acids is 1. The number of amides is 1. The molecule has 9 heteroatoms. The summed E-state index contributed by atoms with van der Waals surface area (Å²) in [6.07, 6.45) is 3.50. The Labute approximate surface area is 172 Å². The quantitative estimate of drug-likeness (QED) is 0.760. The number of hydrogen-bond acceptors (Lipinski definition) is 6. The van der Waals surface area contributed by atoms with E-state index in [1.165, 1.54) is 24.2 Å². The first-order chi connectivity index (χ1) is 11.4. The normalized spacial score (nSPS) is 23.1. The lowest BCUT2D eigenvalue weighted by Crippen LogP contribution is -2.53. The molecule has 3 N–H and O–H groups in total. The average Bonchev–Trinajstić information content (AvgIpc) is 3.15. The van der Waals surface area contributed by atoms with Crippen LogP contribution in [0, 0.1) is 5.41 Å². The summed E-state index contributed by atoms with van der Waals surface area (Å²) in [5, 5.41) is 5.71. The van der Waals surface area contributed by atoms with Crippen molar-refractivity contribution in [3.8, 4) is 0 Å². The molecule has 0 radical (unpaired) electrons. The Balaban J connectivity index is 0.00000169. The standard InChI is InChI=1S/C17H29N5OS.2ClH/c1-17(2)12-22(8-5-14(17)18)10-15(23)20-16-19-13(11-24-16)9-21-6-3-4-7-21;;/h11,14H,3-10,12,18H2,1-2H3,(H,19,20,23);2*1H. The summed E-state index contributed by atoms with van der Waals surface area (Å²) in [6, 6.07) is 0.212. The molecule has 3 rings (SSSR count). The molecule has 0 bridgehead atoms. The molecule has 6 nitrogen and oxygen atoms in total. The van der Waals surface area contributed by atoms with E-state index in [0.29, 0.717) is 11.7 Å². The zero-order valence-corrected chi connectivity index (χ0v) is 18.0. The first-order valence-corrected chi connectivity index (χ1v) is 9.75. The highest BCUT2D eigenvalue weighted by molar-refractivity contribution is 7.13. The number of halogens is 2. The van der Waals surface area contributed by atoms with Gasteiger partial charge in [0.05, 0.1) is 12.2 Å².